The Morgan fingerprint density at radius 1 is 0.938 bits per heavy atom. The molecule has 2 fully saturated rings. The van der Waals surface area contributed by atoms with Crippen molar-refractivity contribution < 1.29 is 23.7 Å². The molecule has 2 aromatic rings. The molecule has 1 unspecified atom stereocenters. The minimum Gasteiger partial charge on any atom is -0.493 e. The van der Waals surface area contributed by atoms with Gasteiger partial charge in [-0.2, -0.15) is 0 Å². The van der Waals surface area contributed by atoms with Crippen LogP contribution in [0.4, 0.5) is 0 Å². The fourth-order valence-electron chi connectivity index (χ4n) is 4.89. The molecule has 2 aliphatic rings. The number of benzene rings is 2. The molecule has 0 amide bonds. The van der Waals surface area contributed by atoms with E-state index in [2.05, 4.69) is 11.9 Å². The van der Waals surface area contributed by atoms with Crippen molar-refractivity contribution in [2.75, 3.05) is 28.4 Å². The Morgan fingerprint density at radius 2 is 1.53 bits per heavy atom. The van der Waals surface area contributed by atoms with Gasteiger partial charge in [0.25, 0.3) is 0 Å². The summed E-state index contributed by atoms with van der Waals surface area (Å²) in [5.74, 6) is 1.13. The van der Waals surface area contributed by atoms with Crippen LogP contribution in [0.1, 0.15) is 36.8 Å². The van der Waals surface area contributed by atoms with Gasteiger partial charge in [-0.15, -0.1) is 0 Å². The lowest BCUT2D eigenvalue weighted by Gasteiger charge is -2.35. The normalized spacial score (nSPS) is 23.0. The highest BCUT2D eigenvalue weighted by Gasteiger charge is 2.40. The smallest absolute Gasteiger partial charge is 0.339 e. The second-order valence-corrected chi connectivity index (χ2v) is 8.43. The van der Waals surface area contributed by atoms with Crippen molar-refractivity contribution in [1.82, 2.24) is 4.90 Å². The molecule has 4 rings (SSSR count). The lowest BCUT2D eigenvalue weighted by Crippen LogP contribution is -2.43. The molecule has 6 nitrogen and oxygen atoms in total. The van der Waals surface area contributed by atoms with Crippen LogP contribution in [0.5, 0.6) is 17.2 Å². The zero-order chi connectivity index (χ0) is 22.7. The van der Waals surface area contributed by atoms with Crippen LogP contribution in [-0.4, -0.2) is 57.4 Å². The third kappa shape index (κ3) is 4.46. The minimum atomic E-state index is -0.336. The summed E-state index contributed by atoms with van der Waals surface area (Å²) >= 11 is 0. The summed E-state index contributed by atoms with van der Waals surface area (Å²) in [6, 6.07) is 14.3. The van der Waals surface area contributed by atoms with E-state index < -0.39 is 0 Å². The van der Waals surface area contributed by atoms with E-state index in [1.807, 2.05) is 36.4 Å². The van der Waals surface area contributed by atoms with Crippen molar-refractivity contribution in [3.8, 4) is 17.2 Å². The van der Waals surface area contributed by atoms with E-state index in [4.69, 9.17) is 18.9 Å². The van der Waals surface area contributed by atoms with Crippen LogP contribution < -0.4 is 14.2 Å². The third-order valence-electron chi connectivity index (χ3n) is 6.63. The van der Waals surface area contributed by atoms with Gasteiger partial charge in [0, 0.05) is 24.9 Å². The molecule has 3 atom stereocenters. The Labute approximate surface area is 189 Å². The molecule has 0 radical (unpaired) electrons. The second kappa shape index (κ2) is 9.65. The Kier molecular flexibility index (Phi) is 6.70. The van der Waals surface area contributed by atoms with Gasteiger partial charge in [0.05, 0.1) is 26.9 Å². The SMILES string of the molecule is COc1cc(/C(=C\c2ccccc2)C(=O)OC2C[C@H]3CC[C@@H](C2)N3C)cc(OC)c1OC. The second-order valence-electron chi connectivity index (χ2n) is 8.43. The number of ether oxygens (including phenoxy) is 4. The maximum absolute atomic E-state index is 13.5. The van der Waals surface area contributed by atoms with Crippen molar-refractivity contribution >= 4 is 17.6 Å². The van der Waals surface area contributed by atoms with Crippen LogP contribution in [0, 0.1) is 0 Å². The van der Waals surface area contributed by atoms with Crippen molar-refractivity contribution in [1.29, 1.82) is 0 Å². The van der Waals surface area contributed by atoms with Crippen molar-refractivity contribution in [3.63, 3.8) is 0 Å². The number of hydrogen-bond donors (Lipinski definition) is 0. The summed E-state index contributed by atoms with van der Waals surface area (Å²) in [4.78, 5) is 15.9. The number of esters is 1. The summed E-state index contributed by atoms with van der Waals surface area (Å²) in [6.07, 6.45) is 5.90. The van der Waals surface area contributed by atoms with Crippen molar-refractivity contribution in [2.45, 2.75) is 43.9 Å². The zero-order valence-electron chi connectivity index (χ0n) is 19.2. The van der Waals surface area contributed by atoms with E-state index in [1.54, 1.807) is 33.5 Å². The molecule has 2 heterocycles. The molecular formula is C26H31NO5. The monoisotopic (exact) mass is 437 g/mol. The molecule has 32 heavy (non-hydrogen) atoms. The van der Waals surface area contributed by atoms with E-state index in [1.165, 1.54) is 12.8 Å². The number of fused-ring (bicyclic) bond motifs is 2. The van der Waals surface area contributed by atoms with Gasteiger partial charge in [-0.05, 0) is 49.2 Å². The number of hydrogen-bond acceptors (Lipinski definition) is 6. The highest BCUT2D eigenvalue weighted by atomic mass is 16.5. The van der Waals surface area contributed by atoms with E-state index >= 15 is 0 Å². The molecule has 2 aliphatic heterocycles. The number of piperidine rings is 1. The van der Waals surface area contributed by atoms with E-state index in [0.29, 0.717) is 40.5 Å². The molecule has 0 spiro atoms. The first kappa shape index (κ1) is 22.2. The first-order chi connectivity index (χ1) is 15.5. The van der Waals surface area contributed by atoms with Crippen LogP contribution in [0.2, 0.25) is 0 Å². The zero-order valence-corrected chi connectivity index (χ0v) is 19.2. The molecule has 2 bridgehead atoms. The summed E-state index contributed by atoms with van der Waals surface area (Å²) < 4.78 is 22.5. The molecule has 0 aliphatic carbocycles. The summed E-state index contributed by atoms with van der Waals surface area (Å²) in [7, 11) is 6.86. The van der Waals surface area contributed by atoms with Crippen LogP contribution in [0.25, 0.3) is 11.6 Å². The molecule has 6 heteroatoms. The number of carbonyl (C=O) groups excluding carboxylic acids is 1. The predicted octanol–water partition coefficient (Wildman–Crippen LogP) is 4.42. The highest BCUT2D eigenvalue weighted by molar-refractivity contribution is 6.21. The van der Waals surface area contributed by atoms with E-state index in [-0.39, 0.29) is 12.1 Å². The molecule has 2 saturated heterocycles. The van der Waals surface area contributed by atoms with Crippen LogP contribution in [0.15, 0.2) is 42.5 Å². The average molecular weight is 438 g/mol. The fourth-order valence-corrected chi connectivity index (χ4v) is 4.89. The van der Waals surface area contributed by atoms with E-state index in [9.17, 15) is 4.79 Å². The number of nitrogens with zero attached hydrogens (tertiary/aromatic N) is 1. The Balaban J connectivity index is 1.69. The minimum absolute atomic E-state index is 0.0718. The summed E-state index contributed by atoms with van der Waals surface area (Å²) in [5.41, 5.74) is 2.03. The van der Waals surface area contributed by atoms with Gasteiger partial charge in [-0.1, -0.05) is 30.3 Å². The standard InChI is InChI=1S/C26H31NO5/c1-27-19-10-11-20(27)16-21(15-19)32-26(28)22(12-17-8-6-5-7-9-17)18-13-23(29-2)25(31-4)24(14-18)30-3/h5-9,12-14,19-21H,10-11,15-16H2,1-4H3/b22-12+/t19-,20+,21?. The summed E-state index contributed by atoms with van der Waals surface area (Å²) in [6.45, 7) is 0. The molecule has 170 valence electrons. The maximum atomic E-state index is 13.5. The predicted molar refractivity (Wildman–Crippen MR) is 124 cm³/mol. The number of methoxy groups -OCH3 is 3. The summed E-state index contributed by atoms with van der Waals surface area (Å²) in [5, 5.41) is 0. The van der Waals surface area contributed by atoms with Crippen molar-refractivity contribution in [2.24, 2.45) is 0 Å². The Hall–Kier alpha value is -2.99. The molecule has 2 aromatic carbocycles. The van der Waals surface area contributed by atoms with Gasteiger partial charge in [0.2, 0.25) is 5.75 Å². The first-order valence-electron chi connectivity index (χ1n) is 11.0. The van der Waals surface area contributed by atoms with Crippen molar-refractivity contribution in [3.05, 3.63) is 53.6 Å². The van der Waals surface area contributed by atoms with Gasteiger partial charge >= 0.3 is 5.97 Å². The molecule has 0 saturated carbocycles. The lowest BCUT2D eigenvalue weighted by molar-refractivity contribution is -0.144. The third-order valence-corrected chi connectivity index (χ3v) is 6.63. The van der Waals surface area contributed by atoms with E-state index in [0.717, 1.165) is 18.4 Å². The highest BCUT2D eigenvalue weighted by Crippen LogP contribution is 2.41. The number of rotatable bonds is 7. The fraction of sp³-hybridized carbons (Fsp3) is 0.423. The van der Waals surface area contributed by atoms with Crippen LogP contribution in [0.3, 0.4) is 0 Å². The maximum Gasteiger partial charge on any atom is 0.339 e. The molecule has 0 N–H and O–H groups in total. The topological polar surface area (TPSA) is 57.2 Å². The average Bonchev–Trinajstić information content (AvgIpc) is 3.02. The largest absolute Gasteiger partial charge is 0.493 e. The van der Waals surface area contributed by atoms with Gasteiger partial charge in [0.15, 0.2) is 11.5 Å². The first-order valence-corrected chi connectivity index (χ1v) is 11.0. The van der Waals surface area contributed by atoms with Gasteiger partial charge in [0.1, 0.15) is 6.10 Å². The van der Waals surface area contributed by atoms with Crippen LogP contribution >= 0.6 is 0 Å². The number of carbonyl (C=O) groups is 1. The van der Waals surface area contributed by atoms with Gasteiger partial charge < -0.3 is 23.8 Å². The van der Waals surface area contributed by atoms with Gasteiger partial charge in [-0.3, -0.25) is 0 Å². The Bertz CT molecular complexity index is 948. The van der Waals surface area contributed by atoms with Gasteiger partial charge in [-0.25, -0.2) is 4.79 Å². The lowest BCUT2D eigenvalue weighted by atomic mass is 9.99. The Morgan fingerprint density at radius 3 is 2.06 bits per heavy atom. The molecule has 0 aromatic heterocycles. The molecular weight excluding hydrogens is 406 g/mol. The van der Waals surface area contributed by atoms with Crippen LogP contribution in [-0.2, 0) is 9.53 Å². The quantitative estimate of drug-likeness (QED) is 0.363.